The Hall–Kier alpha value is -4.59. The van der Waals surface area contributed by atoms with Crippen LogP contribution in [0.1, 0.15) is 34.5 Å². The Morgan fingerprint density at radius 3 is 2.17 bits per heavy atom. The van der Waals surface area contributed by atoms with Gasteiger partial charge in [0.05, 0.1) is 38.0 Å². The maximum absolute atomic E-state index is 13.3. The molecule has 0 saturated carbocycles. The van der Waals surface area contributed by atoms with Gasteiger partial charge in [0.1, 0.15) is 17.3 Å². The number of nitrogens with zero attached hydrogens (tertiary/aromatic N) is 1. The summed E-state index contributed by atoms with van der Waals surface area (Å²) in [7, 11) is 3.01. The fourth-order valence-corrected chi connectivity index (χ4v) is 4.12. The molecule has 1 unspecified atom stereocenters. The number of ketones is 1. The Morgan fingerprint density at radius 1 is 0.889 bits per heavy atom. The predicted octanol–water partition coefficient (Wildman–Crippen LogP) is 4.51. The molecule has 0 bridgehead atoms. The lowest BCUT2D eigenvalue weighted by Gasteiger charge is -2.26. The van der Waals surface area contributed by atoms with Crippen molar-refractivity contribution in [3.05, 3.63) is 95.1 Å². The summed E-state index contributed by atoms with van der Waals surface area (Å²) in [6.07, 6.45) is 0. The molecule has 36 heavy (non-hydrogen) atoms. The van der Waals surface area contributed by atoms with Crippen molar-refractivity contribution in [1.29, 1.82) is 0 Å². The summed E-state index contributed by atoms with van der Waals surface area (Å²) in [5.41, 5.74) is 1.51. The molecule has 0 aromatic heterocycles. The van der Waals surface area contributed by atoms with Gasteiger partial charge in [0.25, 0.3) is 11.7 Å². The van der Waals surface area contributed by atoms with Crippen molar-refractivity contribution in [3.8, 4) is 11.5 Å². The molecule has 8 nitrogen and oxygen atoms in total. The van der Waals surface area contributed by atoms with Crippen LogP contribution >= 0.6 is 0 Å². The SMILES string of the molecule is CCOC(=O)c1ccc(N2C(=O)C(=O)/C(=C(/O)c3cccc(OC)c3)C2c2cccc(OC)c2)cc1. The Kier molecular flexibility index (Phi) is 7.05. The summed E-state index contributed by atoms with van der Waals surface area (Å²) >= 11 is 0. The number of carbonyl (C=O) groups is 3. The Balaban J connectivity index is 1.88. The van der Waals surface area contributed by atoms with E-state index in [1.54, 1.807) is 67.6 Å². The molecule has 3 aromatic rings. The number of aliphatic hydroxyl groups excluding tert-OH is 1. The maximum Gasteiger partial charge on any atom is 0.338 e. The number of methoxy groups -OCH3 is 2. The fourth-order valence-electron chi connectivity index (χ4n) is 4.12. The van der Waals surface area contributed by atoms with Crippen LogP contribution in [0.25, 0.3) is 5.76 Å². The zero-order chi connectivity index (χ0) is 25.8. The van der Waals surface area contributed by atoms with E-state index in [1.807, 2.05) is 0 Å². The number of hydrogen-bond acceptors (Lipinski definition) is 7. The highest BCUT2D eigenvalue weighted by atomic mass is 16.5. The topological polar surface area (TPSA) is 102 Å². The Morgan fingerprint density at radius 2 is 1.53 bits per heavy atom. The number of anilines is 1. The smallest absolute Gasteiger partial charge is 0.338 e. The molecule has 4 rings (SSSR count). The van der Waals surface area contributed by atoms with Gasteiger partial charge in [0.15, 0.2) is 0 Å². The van der Waals surface area contributed by atoms with E-state index < -0.39 is 23.7 Å². The summed E-state index contributed by atoms with van der Waals surface area (Å²) < 4.78 is 15.6. The summed E-state index contributed by atoms with van der Waals surface area (Å²) in [6, 6.07) is 18.8. The number of ether oxygens (including phenoxy) is 3. The molecule has 8 heteroatoms. The highest BCUT2D eigenvalue weighted by Crippen LogP contribution is 2.43. The Labute approximate surface area is 208 Å². The second-order valence-corrected chi connectivity index (χ2v) is 7.95. The molecule has 1 aliphatic heterocycles. The lowest BCUT2D eigenvalue weighted by Crippen LogP contribution is -2.29. The van der Waals surface area contributed by atoms with E-state index in [2.05, 4.69) is 0 Å². The van der Waals surface area contributed by atoms with Crippen LogP contribution in [0.3, 0.4) is 0 Å². The van der Waals surface area contributed by atoms with Crippen molar-refractivity contribution in [2.45, 2.75) is 13.0 Å². The molecule has 3 aromatic carbocycles. The van der Waals surface area contributed by atoms with Gasteiger partial charge in [-0.1, -0.05) is 24.3 Å². The fraction of sp³-hybridized carbons (Fsp3) is 0.179. The maximum atomic E-state index is 13.3. The van der Waals surface area contributed by atoms with Crippen LogP contribution in [0.5, 0.6) is 11.5 Å². The average Bonchev–Trinajstić information content (AvgIpc) is 3.18. The molecule has 0 aliphatic carbocycles. The van der Waals surface area contributed by atoms with Crippen molar-refractivity contribution in [2.75, 3.05) is 25.7 Å². The molecule has 1 atom stereocenters. The van der Waals surface area contributed by atoms with Crippen molar-refractivity contribution in [1.82, 2.24) is 0 Å². The highest BCUT2D eigenvalue weighted by molar-refractivity contribution is 6.51. The summed E-state index contributed by atoms with van der Waals surface area (Å²) in [5.74, 6) is -1.45. The third kappa shape index (κ3) is 4.53. The molecule has 1 N–H and O–H groups in total. The summed E-state index contributed by atoms with van der Waals surface area (Å²) in [4.78, 5) is 40.0. The predicted molar refractivity (Wildman–Crippen MR) is 133 cm³/mol. The van der Waals surface area contributed by atoms with Gasteiger partial charge < -0.3 is 19.3 Å². The van der Waals surface area contributed by atoms with Crippen LogP contribution in [0, 0.1) is 0 Å². The van der Waals surface area contributed by atoms with E-state index in [1.165, 1.54) is 31.3 Å². The van der Waals surface area contributed by atoms with E-state index in [-0.39, 0.29) is 17.9 Å². The van der Waals surface area contributed by atoms with Crippen molar-refractivity contribution < 1.29 is 33.7 Å². The van der Waals surface area contributed by atoms with Crippen LogP contribution in [0.15, 0.2) is 78.4 Å². The van der Waals surface area contributed by atoms with Crippen molar-refractivity contribution >= 4 is 29.1 Å². The number of Topliss-reactive ketones (excluding diaryl/α,β-unsaturated/α-hetero) is 1. The molecule has 0 spiro atoms. The number of rotatable bonds is 7. The quantitative estimate of drug-likeness (QED) is 0.226. The van der Waals surface area contributed by atoms with E-state index in [0.29, 0.717) is 33.9 Å². The molecule has 1 amide bonds. The second-order valence-electron chi connectivity index (χ2n) is 7.95. The molecule has 1 saturated heterocycles. The van der Waals surface area contributed by atoms with Crippen molar-refractivity contribution in [3.63, 3.8) is 0 Å². The first-order valence-electron chi connectivity index (χ1n) is 11.3. The second kappa shape index (κ2) is 10.4. The van der Waals surface area contributed by atoms with Gasteiger partial charge in [-0.2, -0.15) is 0 Å². The number of benzene rings is 3. The summed E-state index contributed by atoms with van der Waals surface area (Å²) in [5, 5.41) is 11.3. The Bertz CT molecular complexity index is 1340. The van der Waals surface area contributed by atoms with Gasteiger partial charge in [-0.15, -0.1) is 0 Å². The minimum Gasteiger partial charge on any atom is -0.507 e. The number of carbonyl (C=O) groups excluding carboxylic acids is 3. The van der Waals surface area contributed by atoms with Crippen molar-refractivity contribution in [2.24, 2.45) is 0 Å². The molecule has 1 aliphatic rings. The lowest BCUT2D eigenvalue weighted by atomic mass is 9.95. The molecule has 184 valence electrons. The largest absolute Gasteiger partial charge is 0.507 e. The molecule has 1 fully saturated rings. The number of amides is 1. The van der Waals surface area contributed by atoms with Crippen LogP contribution < -0.4 is 14.4 Å². The number of aliphatic hydroxyl groups is 1. The minimum absolute atomic E-state index is 0.0732. The molecule has 0 radical (unpaired) electrons. The van der Waals surface area contributed by atoms with E-state index >= 15 is 0 Å². The van der Waals surface area contributed by atoms with E-state index in [9.17, 15) is 19.5 Å². The monoisotopic (exact) mass is 487 g/mol. The molecular weight excluding hydrogens is 462 g/mol. The minimum atomic E-state index is -0.945. The number of esters is 1. The van der Waals surface area contributed by atoms with Crippen LogP contribution in [-0.2, 0) is 14.3 Å². The zero-order valence-electron chi connectivity index (χ0n) is 20.1. The van der Waals surface area contributed by atoms with Gasteiger partial charge >= 0.3 is 5.97 Å². The zero-order valence-corrected chi connectivity index (χ0v) is 20.1. The summed E-state index contributed by atoms with van der Waals surface area (Å²) in [6.45, 7) is 1.94. The van der Waals surface area contributed by atoms with Crippen LogP contribution in [-0.4, -0.2) is 43.6 Å². The van der Waals surface area contributed by atoms with Gasteiger partial charge in [-0.05, 0) is 61.0 Å². The van der Waals surface area contributed by atoms with E-state index in [4.69, 9.17) is 14.2 Å². The van der Waals surface area contributed by atoms with E-state index in [0.717, 1.165) is 0 Å². The standard InChI is InChI=1S/C28H25NO7/c1-4-36-28(33)17-11-13-20(14-12-17)29-24(18-7-5-9-21(15-18)34-2)23(26(31)27(29)32)25(30)19-8-6-10-22(16-19)35-3/h5-16,24,30H,4H2,1-3H3/b25-23+. The lowest BCUT2D eigenvalue weighted by molar-refractivity contribution is -0.132. The molecular formula is C28H25NO7. The third-order valence-corrected chi connectivity index (χ3v) is 5.85. The first-order valence-corrected chi connectivity index (χ1v) is 11.3. The number of hydrogen-bond donors (Lipinski definition) is 1. The van der Waals surface area contributed by atoms with Crippen LogP contribution in [0.4, 0.5) is 5.69 Å². The van der Waals surface area contributed by atoms with Gasteiger partial charge in [0.2, 0.25) is 0 Å². The molecule has 1 heterocycles. The first-order chi connectivity index (χ1) is 17.4. The van der Waals surface area contributed by atoms with Crippen LogP contribution in [0.2, 0.25) is 0 Å². The normalized spacial score (nSPS) is 16.6. The first kappa shape index (κ1) is 24.5. The van der Waals surface area contributed by atoms with Gasteiger partial charge in [0, 0.05) is 11.3 Å². The highest BCUT2D eigenvalue weighted by Gasteiger charge is 2.47. The average molecular weight is 488 g/mol. The third-order valence-electron chi connectivity index (χ3n) is 5.85. The van der Waals surface area contributed by atoms with Gasteiger partial charge in [-0.3, -0.25) is 14.5 Å². The van der Waals surface area contributed by atoms with Gasteiger partial charge in [-0.25, -0.2) is 4.79 Å².